The number of fused-ring (bicyclic) bond motifs is 1. The zero-order valence-electron chi connectivity index (χ0n) is 8.79. The lowest BCUT2D eigenvalue weighted by atomic mass is 10.0. The Kier molecular flexibility index (Phi) is 2.67. The van der Waals surface area contributed by atoms with Crippen molar-refractivity contribution < 1.29 is 0 Å². The van der Waals surface area contributed by atoms with Gasteiger partial charge < -0.3 is 10.7 Å². The average Bonchev–Trinajstić information content (AvgIpc) is 2.58. The van der Waals surface area contributed by atoms with Crippen LogP contribution in [-0.2, 0) is 0 Å². The highest BCUT2D eigenvalue weighted by Gasteiger charge is 2.14. The van der Waals surface area contributed by atoms with Crippen LogP contribution >= 0.6 is 11.6 Å². The fourth-order valence-electron chi connectivity index (χ4n) is 1.47. The number of rotatable bonds is 2. The minimum atomic E-state index is 0.0843. The first kappa shape index (κ1) is 10.5. The molecule has 0 saturated heterocycles. The van der Waals surface area contributed by atoms with Crippen LogP contribution in [0.4, 0.5) is 0 Å². The van der Waals surface area contributed by atoms with Gasteiger partial charge in [0, 0.05) is 17.0 Å². The summed E-state index contributed by atoms with van der Waals surface area (Å²) in [5.74, 6) is 1.14. The van der Waals surface area contributed by atoms with E-state index in [9.17, 15) is 0 Å². The summed E-state index contributed by atoms with van der Waals surface area (Å²) in [6.45, 7) is 4.04. The third-order valence-corrected chi connectivity index (χ3v) is 2.92. The zero-order chi connectivity index (χ0) is 11.0. The van der Waals surface area contributed by atoms with Gasteiger partial charge in [-0.15, -0.1) is 0 Å². The number of nitrogens with one attached hydrogen (secondary N) is 1. The molecule has 2 atom stereocenters. The summed E-state index contributed by atoms with van der Waals surface area (Å²) in [4.78, 5) is 7.72. The molecule has 0 aliphatic carbocycles. The molecule has 3 nitrogen and oxygen atoms in total. The summed E-state index contributed by atoms with van der Waals surface area (Å²) in [6, 6.07) is 5.71. The number of hydrogen-bond donors (Lipinski definition) is 2. The maximum Gasteiger partial charge on any atom is 0.111 e. The van der Waals surface area contributed by atoms with Gasteiger partial charge in [-0.2, -0.15) is 0 Å². The topological polar surface area (TPSA) is 54.7 Å². The van der Waals surface area contributed by atoms with Crippen molar-refractivity contribution in [1.29, 1.82) is 0 Å². The fraction of sp³-hybridized carbons (Fsp3) is 0.364. The van der Waals surface area contributed by atoms with Crippen LogP contribution in [0.2, 0.25) is 5.02 Å². The molecule has 1 heterocycles. The maximum atomic E-state index is 5.90. The van der Waals surface area contributed by atoms with Crippen LogP contribution in [-0.4, -0.2) is 16.0 Å². The summed E-state index contributed by atoms with van der Waals surface area (Å²) in [5.41, 5.74) is 7.73. The second-order valence-electron chi connectivity index (χ2n) is 3.93. The number of imidazole rings is 1. The van der Waals surface area contributed by atoms with Gasteiger partial charge >= 0.3 is 0 Å². The molecule has 3 N–H and O–H groups in total. The predicted octanol–water partition coefficient (Wildman–Crippen LogP) is 2.67. The van der Waals surface area contributed by atoms with Crippen LogP contribution in [0, 0.1) is 0 Å². The van der Waals surface area contributed by atoms with Crippen LogP contribution in [0.1, 0.15) is 25.6 Å². The van der Waals surface area contributed by atoms with Crippen molar-refractivity contribution in [2.45, 2.75) is 25.8 Å². The van der Waals surface area contributed by atoms with Crippen molar-refractivity contribution in [3.05, 3.63) is 29.0 Å². The first-order valence-corrected chi connectivity index (χ1v) is 5.36. The van der Waals surface area contributed by atoms with Gasteiger partial charge in [-0.25, -0.2) is 4.98 Å². The van der Waals surface area contributed by atoms with Crippen molar-refractivity contribution in [3.63, 3.8) is 0 Å². The molecule has 2 unspecified atom stereocenters. The third kappa shape index (κ3) is 1.98. The van der Waals surface area contributed by atoms with E-state index in [0.717, 1.165) is 16.9 Å². The number of aromatic amines is 1. The molecule has 0 saturated carbocycles. The quantitative estimate of drug-likeness (QED) is 0.823. The molecule has 0 bridgehead atoms. The number of halogens is 1. The largest absolute Gasteiger partial charge is 0.342 e. The number of nitrogens with zero attached hydrogens (tertiary/aromatic N) is 1. The fourth-order valence-corrected chi connectivity index (χ4v) is 1.64. The summed E-state index contributed by atoms with van der Waals surface area (Å²) >= 11 is 5.90. The van der Waals surface area contributed by atoms with Crippen LogP contribution in [0.15, 0.2) is 18.2 Å². The first-order chi connectivity index (χ1) is 7.08. The van der Waals surface area contributed by atoms with Crippen molar-refractivity contribution in [2.75, 3.05) is 0 Å². The molecule has 0 aliphatic heterocycles. The summed E-state index contributed by atoms with van der Waals surface area (Å²) < 4.78 is 0. The van der Waals surface area contributed by atoms with Gasteiger partial charge in [-0.3, -0.25) is 0 Å². The van der Waals surface area contributed by atoms with Gasteiger partial charge in [0.1, 0.15) is 5.82 Å². The molecule has 15 heavy (non-hydrogen) atoms. The second-order valence-corrected chi connectivity index (χ2v) is 4.37. The molecule has 4 heteroatoms. The molecule has 1 aromatic carbocycles. The summed E-state index contributed by atoms with van der Waals surface area (Å²) in [7, 11) is 0. The van der Waals surface area contributed by atoms with E-state index >= 15 is 0 Å². The lowest BCUT2D eigenvalue weighted by molar-refractivity contribution is 0.588. The Bertz CT molecular complexity index is 476. The van der Waals surface area contributed by atoms with Gasteiger partial charge in [0.05, 0.1) is 11.0 Å². The number of H-pyrrole nitrogens is 1. The summed E-state index contributed by atoms with van der Waals surface area (Å²) in [5, 5.41) is 0.714. The van der Waals surface area contributed by atoms with E-state index in [2.05, 4.69) is 16.9 Å². The van der Waals surface area contributed by atoms with E-state index in [-0.39, 0.29) is 12.0 Å². The Labute approximate surface area is 93.6 Å². The summed E-state index contributed by atoms with van der Waals surface area (Å²) in [6.07, 6.45) is 0. The van der Waals surface area contributed by atoms with Crippen molar-refractivity contribution >= 4 is 22.6 Å². The average molecular weight is 224 g/mol. The van der Waals surface area contributed by atoms with Crippen molar-refractivity contribution in [1.82, 2.24) is 9.97 Å². The van der Waals surface area contributed by atoms with Crippen LogP contribution in [0.5, 0.6) is 0 Å². The molecule has 2 aromatic rings. The van der Waals surface area contributed by atoms with Crippen LogP contribution in [0.25, 0.3) is 11.0 Å². The second kappa shape index (κ2) is 3.83. The molecule has 1 aromatic heterocycles. The molecule has 0 fully saturated rings. The predicted molar refractivity (Wildman–Crippen MR) is 63.2 cm³/mol. The lowest BCUT2D eigenvalue weighted by Gasteiger charge is -2.11. The number of benzene rings is 1. The standard InChI is InChI=1S/C11H14ClN3/c1-6(7(2)13)11-14-9-4-3-8(12)5-10(9)15-11/h3-7H,13H2,1-2H3,(H,14,15). The lowest BCUT2D eigenvalue weighted by Crippen LogP contribution is -2.23. The molecule has 2 rings (SSSR count). The SMILES string of the molecule is CC(N)C(C)c1nc2ccc(Cl)cc2[nH]1. The van der Waals surface area contributed by atoms with E-state index in [0.29, 0.717) is 5.02 Å². The highest BCUT2D eigenvalue weighted by Crippen LogP contribution is 2.21. The van der Waals surface area contributed by atoms with Gasteiger partial charge in [0.25, 0.3) is 0 Å². The Morgan fingerprint density at radius 2 is 2.13 bits per heavy atom. The molecule has 0 aliphatic rings. The number of hydrogen-bond acceptors (Lipinski definition) is 2. The zero-order valence-corrected chi connectivity index (χ0v) is 9.55. The highest BCUT2D eigenvalue weighted by atomic mass is 35.5. The Hall–Kier alpha value is -1.06. The van der Waals surface area contributed by atoms with Gasteiger partial charge in [-0.1, -0.05) is 18.5 Å². The Morgan fingerprint density at radius 3 is 2.80 bits per heavy atom. The maximum absolute atomic E-state index is 5.90. The van der Waals surface area contributed by atoms with Crippen LogP contribution < -0.4 is 5.73 Å². The van der Waals surface area contributed by atoms with Gasteiger partial charge in [-0.05, 0) is 25.1 Å². The van der Waals surface area contributed by atoms with Crippen LogP contribution in [0.3, 0.4) is 0 Å². The molecule has 0 amide bonds. The minimum Gasteiger partial charge on any atom is -0.342 e. The number of nitrogens with two attached hydrogens (primary N) is 1. The third-order valence-electron chi connectivity index (χ3n) is 2.68. The normalized spacial score (nSPS) is 15.5. The Morgan fingerprint density at radius 1 is 1.40 bits per heavy atom. The Balaban J connectivity index is 2.47. The van der Waals surface area contributed by atoms with Gasteiger partial charge in [0.2, 0.25) is 0 Å². The monoisotopic (exact) mass is 223 g/mol. The van der Waals surface area contributed by atoms with Crippen molar-refractivity contribution in [3.8, 4) is 0 Å². The molecule has 80 valence electrons. The van der Waals surface area contributed by atoms with E-state index in [1.54, 1.807) is 0 Å². The molecular weight excluding hydrogens is 210 g/mol. The number of aromatic nitrogens is 2. The van der Waals surface area contributed by atoms with Gasteiger partial charge in [0.15, 0.2) is 0 Å². The smallest absolute Gasteiger partial charge is 0.111 e. The first-order valence-electron chi connectivity index (χ1n) is 4.98. The molecule has 0 spiro atoms. The van der Waals surface area contributed by atoms with E-state index in [1.165, 1.54) is 0 Å². The minimum absolute atomic E-state index is 0.0843. The molecule has 0 radical (unpaired) electrons. The highest BCUT2D eigenvalue weighted by molar-refractivity contribution is 6.31. The van der Waals surface area contributed by atoms with E-state index in [1.807, 2.05) is 25.1 Å². The molecular formula is C11H14ClN3. The van der Waals surface area contributed by atoms with Crippen molar-refractivity contribution in [2.24, 2.45) is 5.73 Å². The van der Waals surface area contributed by atoms with E-state index in [4.69, 9.17) is 17.3 Å². The van der Waals surface area contributed by atoms with E-state index < -0.39 is 0 Å².